The number of hydrogen-bond donors (Lipinski definition) is 0. The lowest BCUT2D eigenvalue weighted by Crippen LogP contribution is -2.16. The van der Waals surface area contributed by atoms with Crippen LogP contribution < -0.4 is 0 Å². The Morgan fingerprint density at radius 3 is 2.19 bits per heavy atom. The molecule has 0 aromatic heterocycles. The van der Waals surface area contributed by atoms with Crippen LogP contribution in [0.1, 0.15) is 34.5 Å². The van der Waals surface area contributed by atoms with Crippen LogP contribution in [-0.2, 0) is 10.9 Å². The van der Waals surface area contributed by atoms with Gasteiger partial charge >= 0.3 is 12.1 Å². The van der Waals surface area contributed by atoms with Gasteiger partial charge in [0.1, 0.15) is 6.10 Å². The summed E-state index contributed by atoms with van der Waals surface area (Å²) in [5, 5.41) is 0. The monoisotopic (exact) mass is 294 g/mol. The third kappa shape index (κ3) is 3.62. The highest BCUT2D eigenvalue weighted by atomic mass is 19.4. The van der Waals surface area contributed by atoms with Crippen molar-refractivity contribution in [2.24, 2.45) is 0 Å². The molecule has 0 saturated carbocycles. The lowest BCUT2D eigenvalue weighted by atomic mass is 10.1. The lowest BCUT2D eigenvalue weighted by Gasteiger charge is -2.16. The van der Waals surface area contributed by atoms with Gasteiger partial charge in [0, 0.05) is 0 Å². The summed E-state index contributed by atoms with van der Waals surface area (Å²) in [7, 11) is 0. The lowest BCUT2D eigenvalue weighted by molar-refractivity contribution is -0.138. The smallest absolute Gasteiger partial charge is 0.417 e. The highest BCUT2D eigenvalue weighted by Gasteiger charge is 2.35. The van der Waals surface area contributed by atoms with E-state index in [0.29, 0.717) is 0 Å². The first kappa shape index (κ1) is 15.1. The van der Waals surface area contributed by atoms with Gasteiger partial charge in [-0.2, -0.15) is 13.2 Å². The fourth-order valence-electron chi connectivity index (χ4n) is 1.92. The number of rotatable bonds is 3. The van der Waals surface area contributed by atoms with Gasteiger partial charge in [0.15, 0.2) is 0 Å². The van der Waals surface area contributed by atoms with Crippen molar-refractivity contribution < 1.29 is 22.7 Å². The molecule has 0 bridgehead atoms. The molecule has 0 aliphatic heterocycles. The summed E-state index contributed by atoms with van der Waals surface area (Å²) in [5.41, 5.74) is -0.751. The first-order chi connectivity index (χ1) is 9.89. The third-order valence-electron chi connectivity index (χ3n) is 3.01. The highest BCUT2D eigenvalue weighted by Crippen LogP contribution is 2.32. The predicted octanol–water partition coefficient (Wildman–Crippen LogP) is 4.62. The summed E-state index contributed by atoms with van der Waals surface area (Å²) in [6, 6.07) is 13.4. The van der Waals surface area contributed by atoms with Crippen LogP contribution in [0.15, 0.2) is 54.6 Å². The van der Waals surface area contributed by atoms with Crippen molar-refractivity contribution in [3.8, 4) is 0 Å². The zero-order chi connectivity index (χ0) is 15.5. The summed E-state index contributed by atoms with van der Waals surface area (Å²) in [6.45, 7) is 1.61. The number of carbonyl (C=O) groups is 1. The Bertz CT molecular complexity index is 621. The van der Waals surface area contributed by atoms with E-state index in [4.69, 9.17) is 4.74 Å². The van der Waals surface area contributed by atoms with Crippen LogP contribution in [0.5, 0.6) is 0 Å². The first-order valence-electron chi connectivity index (χ1n) is 6.31. The average molecular weight is 294 g/mol. The number of benzene rings is 2. The molecule has 2 aromatic rings. The van der Waals surface area contributed by atoms with Crippen LogP contribution in [0.4, 0.5) is 13.2 Å². The zero-order valence-electron chi connectivity index (χ0n) is 11.2. The Labute approximate surface area is 120 Å². The van der Waals surface area contributed by atoms with Crippen LogP contribution >= 0.6 is 0 Å². The minimum Gasteiger partial charge on any atom is -0.454 e. The van der Waals surface area contributed by atoms with Crippen LogP contribution in [0.2, 0.25) is 0 Å². The summed E-state index contributed by atoms with van der Waals surface area (Å²) >= 11 is 0. The molecule has 0 fully saturated rings. The minimum atomic E-state index is -4.59. The normalized spacial score (nSPS) is 12.8. The second kappa shape index (κ2) is 5.99. The molecular formula is C16H13F3O2. The molecule has 0 saturated heterocycles. The third-order valence-corrected chi connectivity index (χ3v) is 3.01. The number of hydrogen-bond acceptors (Lipinski definition) is 2. The minimum absolute atomic E-state index is 0.479. The number of alkyl halides is 3. The van der Waals surface area contributed by atoms with Crippen molar-refractivity contribution in [2.45, 2.75) is 19.2 Å². The Hall–Kier alpha value is -2.30. The summed E-state index contributed by atoms with van der Waals surface area (Å²) in [5.74, 6) is -0.987. The van der Waals surface area contributed by atoms with Gasteiger partial charge in [0.2, 0.25) is 0 Å². The SMILES string of the molecule is CC(OC(=O)c1ccccc1C(F)(F)F)c1ccccc1. The number of carbonyl (C=O) groups excluding carboxylic acids is 1. The quantitative estimate of drug-likeness (QED) is 0.772. The van der Waals surface area contributed by atoms with Crippen molar-refractivity contribution in [1.82, 2.24) is 0 Å². The van der Waals surface area contributed by atoms with Gasteiger partial charge in [-0.3, -0.25) is 0 Å². The van der Waals surface area contributed by atoms with Gasteiger partial charge in [-0.25, -0.2) is 4.79 Å². The van der Waals surface area contributed by atoms with E-state index in [9.17, 15) is 18.0 Å². The molecule has 2 rings (SSSR count). The van der Waals surface area contributed by atoms with E-state index in [2.05, 4.69) is 0 Å². The van der Waals surface area contributed by atoms with Crippen molar-refractivity contribution in [2.75, 3.05) is 0 Å². The predicted molar refractivity (Wildman–Crippen MR) is 71.7 cm³/mol. The molecule has 0 heterocycles. The zero-order valence-corrected chi connectivity index (χ0v) is 11.2. The Morgan fingerprint density at radius 1 is 1.00 bits per heavy atom. The molecule has 1 atom stereocenters. The second-order valence-electron chi connectivity index (χ2n) is 4.50. The molecule has 0 radical (unpaired) electrons. The summed E-state index contributed by atoms with van der Waals surface area (Å²) in [4.78, 5) is 12.0. The van der Waals surface area contributed by atoms with E-state index >= 15 is 0 Å². The molecular weight excluding hydrogens is 281 g/mol. The average Bonchev–Trinajstić information content (AvgIpc) is 2.47. The van der Waals surface area contributed by atoms with E-state index in [1.807, 2.05) is 0 Å². The Balaban J connectivity index is 2.22. The molecule has 0 N–H and O–H groups in total. The van der Waals surface area contributed by atoms with Gasteiger partial charge in [-0.05, 0) is 24.6 Å². The van der Waals surface area contributed by atoms with Gasteiger partial charge in [-0.15, -0.1) is 0 Å². The maximum absolute atomic E-state index is 12.9. The van der Waals surface area contributed by atoms with E-state index < -0.39 is 29.4 Å². The molecule has 110 valence electrons. The Morgan fingerprint density at radius 2 is 1.57 bits per heavy atom. The van der Waals surface area contributed by atoms with Gasteiger partial charge in [0.05, 0.1) is 11.1 Å². The van der Waals surface area contributed by atoms with Crippen molar-refractivity contribution in [3.63, 3.8) is 0 Å². The van der Waals surface area contributed by atoms with Crippen LogP contribution in [0.25, 0.3) is 0 Å². The fraction of sp³-hybridized carbons (Fsp3) is 0.188. The fourth-order valence-corrected chi connectivity index (χ4v) is 1.92. The summed E-state index contributed by atoms with van der Waals surface area (Å²) < 4.78 is 43.7. The van der Waals surface area contributed by atoms with E-state index in [1.54, 1.807) is 37.3 Å². The standard InChI is InChI=1S/C16H13F3O2/c1-11(12-7-3-2-4-8-12)21-15(20)13-9-5-6-10-14(13)16(17,18)19/h2-11H,1H3. The van der Waals surface area contributed by atoms with Gasteiger partial charge < -0.3 is 4.74 Å². The van der Waals surface area contributed by atoms with Crippen LogP contribution in [0, 0.1) is 0 Å². The molecule has 2 nitrogen and oxygen atoms in total. The van der Waals surface area contributed by atoms with E-state index in [-0.39, 0.29) is 0 Å². The van der Waals surface area contributed by atoms with Gasteiger partial charge in [0.25, 0.3) is 0 Å². The topological polar surface area (TPSA) is 26.3 Å². The molecule has 0 amide bonds. The van der Waals surface area contributed by atoms with E-state index in [1.165, 1.54) is 12.1 Å². The second-order valence-corrected chi connectivity index (χ2v) is 4.50. The first-order valence-corrected chi connectivity index (χ1v) is 6.31. The largest absolute Gasteiger partial charge is 0.454 e. The molecule has 21 heavy (non-hydrogen) atoms. The maximum Gasteiger partial charge on any atom is 0.417 e. The molecule has 5 heteroatoms. The summed E-state index contributed by atoms with van der Waals surface area (Å²) in [6.07, 6.45) is -5.22. The maximum atomic E-state index is 12.9. The number of esters is 1. The van der Waals surface area contributed by atoms with Crippen molar-refractivity contribution >= 4 is 5.97 Å². The van der Waals surface area contributed by atoms with Crippen LogP contribution in [0.3, 0.4) is 0 Å². The van der Waals surface area contributed by atoms with E-state index in [0.717, 1.165) is 17.7 Å². The van der Waals surface area contributed by atoms with Crippen molar-refractivity contribution in [3.05, 3.63) is 71.3 Å². The molecule has 0 aliphatic rings. The Kier molecular flexibility index (Phi) is 4.31. The molecule has 2 aromatic carbocycles. The number of halogens is 3. The van der Waals surface area contributed by atoms with Crippen LogP contribution in [-0.4, -0.2) is 5.97 Å². The van der Waals surface area contributed by atoms with Crippen molar-refractivity contribution in [1.29, 1.82) is 0 Å². The molecule has 1 unspecified atom stereocenters. The molecule has 0 spiro atoms. The highest BCUT2D eigenvalue weighted by molar-refractivity contribution is 5.91. The van der Waals surface area contributed by atoms with Gasteiger partial charge in [-0.1, -0.05) is 42.5 Å². The number of ether oxygens (including phenoxy) is 1. The molecule has 0 aliphatic carbocycles.